The maximum atomic E-state index is 12.4. The number of aryl methyl sites for hydroxylation is 1. The summed E-state index contributed by atoms with van der Waals surface area (Å²) in [5.41, 5.74) is 3.93. The number of nitrogens with one attached hydrogen (secondary N) is 2. The van der Waals surface area contributed by atoms with Crippen LogP contribution in [0.5, 0.6) is 5.75 Å². The minimum Gasteiger partial charge on any atom is -0.495 e. The fraction of sp³-hybridized carbons (Fsp3) is 0.304. The summed E-state index contributed by atoms with van der Waals surface area (Å²) < 4.78 is 5.30. The molecule has 0 aliphatic rings. The standard InChI is InChI=1S/C23H27N3O3/c1-16-8-9-22(29-3)21(14-16)25-23(28)11-13-26(17(2)27)12-10-18-15-24-20-7-5-4-6-19(18)20/h4-9,14-15,24H,10-13H2,1-3H3,(H,25,28). The molecule has 6 nitrogen and oxygen atoms in total. The molecular formula is C23H27N3O3. The first-order chi connectivity index (χ1) is 14.0. The molecular weight excluding hydrogens is 366 g/mol. The van der Waals surface area contributed by atoms with Crippen LogP contribution in [0.4, 0.5) is 5.69 Å². The van der Waals surface area contributed by atoms with Gasteiger partial charge in [-0.3, -0.25) is 9.59 Å². The minimum atomic E-state index is -0.146. The summed E-state index contributed by atoms with van der Waals surface area (Å²) in [6, 6.07) is 13.7. The normalized spacial score (nSPS) is 10.7. The summed E-state index contributed by atoms with van der Waals surface area (Å²) in [6.45, 7) is 4.43. The van der Waals surface area contributed by atoms with Crippen LogP contribution in [-0.4, -0.2) is 41.9 Å². The zero-order valence-electron chi connectivity index (χ0n) is 17.1. The number of carbonyl (C=O) groups excluding carboxylic acids is 2. The molecule has 0 aliphatic heterocycles. The van der Waals surface area contributed by atoms with Crippen LogP contribution in [0.15, 0.2) is 48.7 Å². The monoisotopic (exact) mass is 393 g/mol. The van der Waals surface area contributed by atoms with Crippen LogP contribution in [0.1, 0.15) is 24.5 Å². The lowest BCUT2D eigenvalue weighted by Gasteiger charge is -2.21. The van der Waals surface area contributed by atoms with E-state index in [1.807, 2.05) is 49.5 Å². The number of carbonyl (C=O) groups is 2. The lowest BCUT2D eigenvalue weighted by molar-refractivity contribution is -0.129. The second kappa shape index (κ2) is 9.28. The first-order valence-corrected chi connectivity index (χ1v) is 9.73. The van der Waals surface area contributed by atoms with Crippen LogP contribution in [0.2, 0.25) is 0 Å². The number of fused-ring (bicyclic) bond motifs is 1. The molecule has 2 amide bonds. The molecule has 3 rings (SSSR count). The molecule has 2 N–H and O–H groups in total. The third kappa shape index (κ3) is 5.16. The number of hydrogen-bond donors (Lipinski definition) is 2. The van der Waals surface area contributed by atoms with Crippen molar-refractivity contribution in [1.82, 2.24) is 9.88 Å². The van der Waals surface area contributed by atoms with E-state index in [4.69, 9.17) is 4.74 Å². The Morgan fingerprint density at radius 3 is 2.69 bits per heavy atom. The van der Waals surface area contributed by atoms with Gasteiger partial charge in [0, 0.05) is 43.5 Å². The summed E-state index contributed by atoms with van der Waals surface area (Å²) in [5.74, 6) is 0.435. The predicted molar refractivity (Wildman–Crippen MR) is 115 cm³/mol. The van der Waals surface area contributed by atoms with Gasteiger partial charge >= 0.3 is 0 Å². The number of aromatic nitrogens is 1. The van der Waals surface area contributed by atoms with Crippen molar-refractivity contribution in [3.8, 4) is 5.75 Å². The average molecular weight is 393 g/mol. The van der Waals surface area contributed by atoms with E-state index in [-0.39, 0.29) is 18.2 Å². The molecule has 0 aliphatic carbocycles. The molecule has 0 unspecified atom stereocenters. The maximum absolute atomic E-state index is 12.4. The Morgan fingerprint density at radius 1 is 1.14 bits per heavy atom. The van der Waals surface area contributed by atoms with Crippen molar-refractivity contribution in [2.75, 3.05) is 25.5 Å². The van der Waals surface area contributed by atoms with E-state index in [1.54, 1.807) is 12.0 Å². The highest BCUT2D eigenvalue weighted by Crippen LogP contribution is 2.25. The lowest BCUT2D eigenvalue weighted by atomic mass is 10.1. The van der Waals surface area contributed by atoms with Gasteiger partial charge in [-0.2, -0.15) is 0 Å². The third-order valence-corrected chi connectivity index (χ3v) is 5.01. The zero-order valence-corrected chi connectivity index (χ0v) is 17.1. The lowest BCUT2D eigenvalue weighted by Crippen LogP contribution is -2.33. The van der Waals surface area contributed by atoms with Crippen molar-refractivity contribution in [2.24, 2.45) is 0 Å². The molecule has 2 aromatic carbocycles. The van der Waals surface area contributed by atoms with E-state index in [9.17, 15) is 9.59 Å². The molecule has 0 atom stereocenters. The zero-order chi connectivity index (χ0) is 20.8. The highest BCUT2D eigenvalue weighted by molar-refractivity contribution is 5.92. The largest absolute Gasteiger partial charge is 0.495 e. The van der Waals surface area contributed by atoms with Gasteiger partial charge in [0.25, 0.3) is 0 Å². The number of H-pyrrole nitrogens is 1. The number of rotatable bonds is 8. The maximum Gasteiger partial charge on any atom is 0.226 e. The predicted octanol–water partition coefficient (Wildman–Crippen LogP) is 3.90. The Kier molecular flexibility index (Phi) is 6.54. The van der Waals surface area contributed by atoms with Gasteiger partial charge < -0.3 is 19.9 Å². The van der Waals surface area contributed by atoms with E-state index in [1.165, 1.54) is 17.9 Å². The second-order valence-electron chi connectivity index (χ2n) is 7.12. The summed E-state index contributed by atoms with van der Waals surface area (Å²) in [7, 11) is 1.57. The van der Waals surface area contributed by atoms with E-state index >= 15 is 0 Å². The van der Waals surface area contributed by atoms with Gasteiger partial charge in [0.05, 0.1) is 12.8 Å². The summed E-state index contributed by atoms with van der Waals surface area (Å²) >= 11 is 0. The van der Waals surface area contributed by atoms with Crippen molar-refractivity contribution in [2.45, 2.75) is 26.7 Å². The first kappa shape index (κ1) is 20.5. The molecule has 0 saturated carbocycles. The highest BCUT2D eigenvalue weighted by Gasteiger charge is 2.14. The van der Waals surface area contributed by atoms with Crippen molar-refractivity contribution in [1.29, 1.82) is 0 Å². The first-order valence-electron chi connectivity index (χ1n) is 9.73. The van der Waals surface area contributed by atoms with Gasteiger partial charge in [0.15, 0.2) is 0 Å². The fourth-order valence-electron chi connectivity index (χ4n) is 3.39. The number of aromatic amines is 1. The number of nitrogens with zero attached hydrogens (tertiary/aromatic N) is 1. The molecule has 1 heterocycles. The molecule has 0 radical (unpaired) electrons. The van der Waals surface area contributed by atoms with Crippen molar-refractivity contribution in [3.05, 3.63) is 59.8 Å². The van der Waals surface area contributed by atoms with Crippen LogP contribution >= 0.6 is 0 Å². The van der Waals surface area contributed by atoms with E-state index in [0.717, 1.165) is 17.5 Å². The molecule has 0 spiro atoms. The minimum absolute atomic E-state index is 0.0363. The molecule has 6 heteroatoms. The number of benzene rings is 2. The summed E-state index contributed by atoms with van der Waals surface area (Å²) in [5, 5.41) is 4.05. The summed E-state index contributed by atoms with van der Waals surface area (Å²) in [4.78, 5) is 29.4. The number of para-hydroxylation sites is 1. The molecule has 3 aromatic rings. The topological polar surface area (TPSA) is 74.4 Å². The van der Waals surface area contributed by atoms with Crippen molar-refractivity contribution in [3.63, 3.8) is 0 Å². The fourth-order valence-corrected chi connectivity index (χ4v) is 3.39. The van der Waals surface area contributed by atoms with Crippen LogP contribution in [0.3, 0.4) is 0 Å². The Bertz CT molecular complexity index is 1010. The quantitative estimate of drug-likeness (QED) is 0.609. The number of hydrogen-bond acceptors (Lipinski definition) is 3. The van der Waals surface area contributed by atoms with E-state index in [2.05, 4.69) is 16.4 Å². The number of methoxy groups -OCH3 is 1. The van der Waals surface area contributed by atoms with Gasteiger partial charge in [-0.25, -0.2) is 0 Å². The molecule has 0 saturated heterocycles. The van der Waals surface area contributed by atoms with Gasteiger partial charge in [-0.15, -0.1) is 0 Å². The number of anilines is 1. The van der Waals surface area contributed by atoms with Gasteiger partial charge in [0.2, 0.25) is 11.8 Å². The molecule has 1 aromatic heterocycles. The van der Waals surface area contributed by atoms with E-state index in [0.29, 0.717) is 24.5 Å². The van der Waals surface area contributed by atoms with Gasteiger partial charge in [-0.1, -0.05) is 24.3 Å². The molecule has 0 bridgehead atoms. The average Bonchev–Trinajstić information content (AvgIpc) is 3.11. The molecule has 29 heavy (non-hydrogen) atoms. The van der Waals surface area contributed by atoms with Crippen LogP contribution in [-0.2, 0) is 16.0 Å². The van der Waals surface area contributed by atoms with Crippen molar-refractivity contribution >= 4 is 28.4 Å². The van der Waals surface area contributed by atoms with Crippen LogP contribution in [0, 0.1) is 6.92 Å². The Labute approximate surface area is 170 Å². The van der Waals surface area contributed by atoms with Gasteiger partial charge in [-0.05, 0) is 42.7 Å². The SMILES string of the molecule is COc1ccc(C)cc1NC(=O)CCN(CCc1c[nH]c2ccccc12)C(C)=O. The second-order valence-corrected chi connectivity index (χ2v) is 7.12. The Hall–Kier alpha value is -3.28. The highest BCUT2D eigenvalue weighted by atomic mass is 16.5. The number of amides is 2. The molecule has 0 fully saturated rings. The summed E-state index contributed by atoms with van der Waals surface area (Å²) in [6.07, 6.45) is 2.95. The van der Waals surface area contributed by atoms with Gasteiger partial charge in [0.1, 0.15) is 5.75 Å². The Morgan fingerprint density at radius 2 is 1.93 bits per heavy atom. The Balaban J connectivity index is 1.57. The van der Waals surface area contributed by atoms with E-state index < -0.39 is 0 Å². The number of ether oxygens (including phenoxy) is 1. The van der Waals surface area contributed by atoms with Crippen molar-refractivity contribution < 1.29 is 14.3 Å². The molecule has 152 valence electrons. The van der Waals surface area contributed by atoms with Crippen LogP contribution in [0.25, 0.3) is 10.9 Å². The smallest absolute Gasteiger partial charge is 0.226 e. The van der Waals surface area contributed by atoms with Crippen LogP contribution < -0.4 is 10.1 Å². The third-order valence-electron chi connectivity index (χ3n) is 5.01.